The molecule has 112 valence electrons. The first kappa shape index (κ1) is 15.3. The first-order chi connectivity index (χ1) is 9.46. The van der Waals surface area contributed by atoms with Crippen molar-refractivity contribution in [2.24, 2.45) is 5.92 Å². The number of aryl methyl sites for hydroxylation is 2. The summed E-state index contributed by atoms with van der Waals surface area (Å²) < 4.78 is 26.9. The molecule has 2 N–H and O–H groups in total. The summed E-state index contributed by atoms with van der Waals surface area (Å²) in [7, 11) is -3.23. The number of piperidine rings is 1. The molecule has 0 amide bonds. The van der Waals surface area contributed by atoms with Crippen LogP contribution in [0, 0.1) is 19.8 Å². The Morgan fingerprint density at radius 3 is 2.55 bits per heavy atom. The van der Waals surface area contributed by atoms with E-state index < -0.39 is 10.0 Å². The lowest BCUT2D eigenvalue weighted by Gasteiger charge is -2.22. The van der Waals surface area contributed by atoms with Crippen molar-refractivity contribution in [1.82, 2.24) is 5.32 Å². The van der Waals surface area contributed by atoms with E-state index in [1.807, 2.05) is 32.0 Å². The lowest BCUT2D eigenvalue weighted by molar-refractivity contribution is 0.365. The molecule has 0 saturated carbocycles. The van der Waals surface area contributed by atoms with Crippen LogP contribution in [0.3, 0.4) is 0 Å². The van der Waals surface area contributed by atoms with Crippen molar-refractivity contribution in [3.8, 4) is 0 Å². The van der Waals surface area contributed by atoms with Gasteiger partial charge in [-0.25, -0.2) is 8.42 Å². The number of benzene rings is 1. The zero-order chi connectivity index (χ0) is 14.6. The number of anilines is 1. The third-order valence-corrected chi connectivity index (χ3v) is 5.35. The van der Waals surface area contributed by atoms with E-state index in [0.717, 1.165) is 37.9 Å². The normalized spacial score (nSPS) is 17.1. The van der Waals surface area contributed by atoms with Crippen molar-refractivity contribution in [3.05, 3.63) is 29.3 Å². The second-order valence-electron chi connectivity index (χ2n) is 5.70. The van der Waals surface area contributed by atoms with Crippen LogP contribution in [0.1, 0.15) is 30.4 Å². The van der Waals surface area contributed by atoms with E-state index in [9.17, 15) is 8.42 Å². The van der Waals surface area contributed by atoms with Crippen LogP contribution in [0.4, 0.5) is 5.69 Å². The van der Waals surface area contributed by atoms with Crippen molar-refractivity contribution in [3.63, 3.8) is 0 Å². The lowest BCUT2D eigenvalue weighted by atomic mass is 9.96. The number of hydrogen-bond acceptors (Lipinski definition) is 3. The van der Waals surface area contributed by atoms with Gasteiger partial charge in [0.25, 0.3) is 0 Å². The lowest BCUT2D eigenvalue weighted by Crippen LogP contribution is -2.29. The Balaban J connectivity index is 1.91. The molecule has 1 fully saturated rings. The molecule has 0 aliphatic carbocycles. The van der Waals surface area contributed by atoms with Gasteiger partial charge in [-0.15, -0.1) is 0 Å². The second kappa shape index (κ2) is 6.59. The molecule has 20 heavy (non-hydrogen) atoms. The highest BCUT2D eigenvalue weighted by Crippen LogP contribution is 2.19. The smallest absolute Gasteiger partial charge is 0.232 e. The molecule has 1 aromatic rings. The molecule has 0 radical (unpaired) electrons. The minimum Gasteiger partial charge on any atom is -0.317 e. The molecule has 1 heterocycles. The average Bonchev–Trinajstić information content (AvgIpc) is 2.42. The van der Waals surface area contributed by atoms with Crippen LogP contribution in [0.25, 0.3) is 0 Å². The molecule has 0 aromatic heterocycles. The van der Waals surface area contributed by atoms with E-state index in [1.165, 1.54) is 5.56 Å². The summed E-state index contributed by atoms with van der Waals surface area (Å²) in [4.78, 5) is 0. The molecule has 0 atom stereocenters. The highest BCUT2D eigenvalue weighted by Gasteiger charge is 2.17. The molecule has 1 aliphatic heterocycles. The van der Waals surface area contributed by atoms with Crippen LogP contribution in [-0.2, 0) is 10.0 Å². The van der Waals surface area contributed by atoms with Crippen LogP contribution >= 0.6 is 0 Å². The van der Waals surface area contributed by atoms with E-state index in [0.29, 0.717) is 11.6 Å². The van der Waals surface area contributed by atoms with Crippen molar-refractivity contribution in [2.45, 2.75) is 33.1 Å². The number of sulfonamides is 1. The Kier molecular flexibility index (Phi) is 5.05. The van der Waals surface area contributed by atoms with Gasteiger partial charge in [0, 0.05) is 5.69 Å². The highest BCUT2D eigenvalue weighted by atomic mass is 32.2. The predicted molar refractivity (Wildman–Crippen MR) is 83.5 cm³/mol. The number of nitrogens with one attached hydrogen (secondary N) is 2. The summed E-state index contributed by atoms with van der Waals surface area (Å²) >= 11 is 0. The molecule has 5 heteroatoms. The first-order valence-corrected chi connectivity index (χ1v) is 8.90. The molecule has 0 bridgehead atoms. The summed E-state index contributed by atoms with van der Waals surface area (Å²) in [6.45, 7) is 6.03. The molecule has 1 aliphatic rings. The summed E-state index contributed by atoms with van der Waals surface area (Å²) in [6, 6.07) is 5.65. The standard InChI is InChI=1S/C15H24N2O2S/c1-12-3-4-15(11-13(12)2)17-20(18,19)10-7-14-5-8-16-9-6-14/h3-4,11,14,16-17H,5-10H2,1-2H3. The van der Waals surface area contributed by atoms with Gasteiger partial charge in [0.15, 0.2) is 0 Å². The fourth-order valence-electron chi connectivity index (χ4n) is 2.53. The number of rotatable bonds is 5. The van der Waals surface area contributed by atoms with Gasteiger partial charge in [0.05, 0.1) is 5.75 Å². The van der Waals surface area contributed by atoms with Crippen molar-refractivity contribution < 1.29 is 8.42 Å². The summed E-state index contributed by atoms with van der Waals surface area (Å²) in [6.07, 6.45) is 2.92. The quantitative estimate of drug-likeness (QED) is 0.877. The molecule has 2 rings (SSSR count). The van der Waals surface area contributed by atoms with Crippen LogP contribution in [0.15, 0.2) is 18.2 Å². The highest BCUT2D eigenvalue weighted by molar-refractivity contribution is 7.92. The van der Waals surface area contributed by atoms with Gasteiger partial charge in [0.1, 0.15) is 0 Å². The third kappa shape index (κ3) is 4.49. The van der Waals surface area contributed by atoms with Crippen LogP contribution in [0.2, 0.25) is 0 Å². The van der Waals surface area contributed by atoms with E-state index in [4.69, 9.17) is 0 Å². The van der Waals surface area contributed by atoms with Gasteiger partial charge in [0.2, 0.25) is 10.0 Å². The largest absolute Gasteiger partial charge is 0.317 e. The maximum absolute atomic E-state index is 12.1. The van der Waals surface area contributed by atoms with Gasteiger partial charge in [-0.2, -0.15) is 0 Å². The summed E-state index contributed by atoms with van der Waals surface area (Å²) in [5.74, 6) is 0.748. The van der Waals surface area contributed by atoms with Crippen molar-refractivity contribution in [2.75, 3.05) is 23.6 Å². The maximum Gasteiger partial charge on any atom is 0.232 e. The summed E-state index contributed by atoms with van der Waals surface area (Å²) in [5.41, 5.74) is 2.93. The molecule has 0 unspecified atom stereocenters. The molecule has 1 saturated heterocycles. The zero-order valence-corrected chi connectivity index (χ0v) is 13.1. The minimum absolute atomic E-state index is 0.213. The van der Waals surface area contributed by atoms with E-state index >= 15 is 0 Å². The molecule has 0 spiro atoms. The Morgan fingerprint density at radius 2 is 1.90 bits per heavy atom. The summed E-state index contributed by atoms with van der Waals surface area (Å²) in [5, 5.41) is 3.30. The van der Waals surface area contributed by atoms with Crippen LogP contribution < -0.4 is 10.0 Å². The molecule has 4 nitrogen and oxygen atoms in total. The Morgan fingerprint density at radius 1 is 1.20 bits per heavy atom. The number of hydrogen-bond donors (Lipinski definition) is 2. The Bertz CT molecular complexity index is 549. The maximum atomic E-state index is 12.1. The van der Waals surface area contributed by atoms with Gasteiger partial charge >= 0.3 is 0 Å². The van der Waals surface area contributed by atoms with Gasteiger partial charge in [-0.3, -0.25) is 4.72 Å². The topological polar surface area (TPSA) is 58.2 Å². The predicted octanol–water partition coefficient (Wildman–Crippen LogP) is 2.43. The zero-order valence-electron chi connectivity index (χ0n) is 12.3. The fraction of sp³-hybridized carbons (Fsp3) is 0.600. The first-order valence-electron chi connectivity index (χ1n) is 7.25. The second-order valence-corrected chi connectivity index (χ2v) is 7.54. The SMILES string of the molecule is Cc1ccc(NS(=O)(=O)CCC2CCNCC2)cc1C. The van der Waals surface area contributed by atoms with E-state index in [-0.39, 0.29) is 5.75 Å². The van der Waals surface area contributed by atoms with Crippen molar-refractivity contribution in [1.29, 1.82) is 0 Å². The molecular weight excluding hydrogens is 272 g/mol. The monoisotopic (exact) mass is 296 g/mol. The third-order valence-electron chi connectivity index (χ3n) is 4.03. The van der Waals surface area contributed by atoms with Crippen LogP contribution in [0.5, 0.6) is 0 Å². The van der Waals surface area contributed by atoms with Gasteiger partial charge in [-0.05, 0) is 75.4 Å². The van der Waals surface area contributed by atoms with E-state index in [1.54, 1.807) is 0 Å². The average molecular weight is 296 g/mol. The van der Waals surface area contributed by atoms with Gasteiger partial charge in [-0.1, -0.05) is 6.07 Å². The van der Waals surface area contributed by atoms with Crippen LogP contribution in [-0.4, -0.2) is 27.3 Å². The minimum atomic E-state index is -3.23. The molecular formula is C15H24N2O2S. The Labute approximate surface area is 122 Å². The van der Waals surface area contributed by atoms with Crippen molar-refractivity contribution >= 4 is 15.7 Å². The van der Waals surface area contributed by atoms with Gasteiger partial charge < -0.3 is 5.32 Å². The fourth-order valence-corrected chi connectivity index (χ4v) is 3.76. The Hall–Kier alpha value is -1.07. The van der Waals surface area contributed by atoms with E-state index in [2.05, 4.69) is 10.0 Å². The molecule has 1 aromatic carbocycles.